The molecule has 0 amide bonds. The van der Waals surface area contributed by atoms with E-state index >= 15 is 0 Å². The Hall–Kier alpha value is -0.530. The normalized spacial score (nSPS) is 13.6. The molecule has 126 valence electrons. The molecule has 0 rings (SSSR count). The molecule has 0 bridgehead atoms. The van der Waals surface area contributed by atoms with Gasteiger partial charge in [0.05, 0.1) is 5.71 Å². The van der Waals surface area contributed by atoms with Crippen LogP contribution in [0.25, 0.3) is 0 Å². The van der Waals surface area contributed by atoms with E-state index in [0.29, 0.717) is 5.92 Å². The monoisotopic (exact) mass is 297 g/mol. The Morgan fingerprint density at radius 1 is 0.762 bits per heavy atom. The van der Waals surface area contributed by atoms with E-state index < -0.39 is 0 Å². The van der Waals surface area contributed by atoms with Crippen LogP contribution in [0.15, 0.2) is 5.16 Å². The predicted molar refractivity (Wildman–Crippen MR) is 94.4 cm³/mol. The summed E-state index contributed by atoms with van der Waals surface area (Å²) in [5.74, 6) is 0.447. The zero-order chi connectivity index (χ0) is 15.8. The third-order valence-corrected chi connectivity index (χ3v) is 4.55. The molecule has 21 heavy (non-hydrogen) atoms. The second-order valence-corrected chi connectivity index (χ2v) is 6.52. The lowest BCUT2D eigenvalue weighted by atomic mass is 9.96. The number of hydrogen-bond donors (Lipinski definition) is 1. The molecule has 0 fully saturated rings. The smallest absolute Gasteiger partial charge is 0.0596 e. The van der Waals surface area contributed by atoms with Gasteiger partial charge in [-0.15, -0.1) is 0 Å². The number of hydrogen-bond acceptors (Lipinski definition) is 2. The van der Waals surface area contributed by atoms with Gasteiger partial charge >= 0.3 is 0 Å². The molecule has 2 heteroatoms. The fraction of sp³-hybridized carbons (Fsp3) is 0.947. The van der Waals surface area contributed by atoms with Gasteiger partial charge in [-0.25, -0.2) is 0 Å². The van der Waals surface area contributed by atoms with Gasteiger partial charge in [-0.05, 0) is 18.8 Å². The Bertz CT molecular complexity index is 238. The first-order chi connectivity index (χ1) is 10.3. The molecule has 1 N–H and O–H groups in total. The lowest BCUT2D eigenvalue weighted by Gasteiger charge is -2.11. The van der Waals surface area contributed by atoms with Crippen molar-refractivity contribution >= 4 is 5.71 Å². The van der Waals surface area contributed by atoms with Crippen LogP contribution in [0, 0.1) is 5.92 Å². The molecule has 1 unspecified atom stereocenters. The van der Waals surface area contributed by atoms with Crippen molar-refractivity contribution in [2.45, 2.75) is 111 Å². The summed E-state index contributed by atoms with van der Waals surface area (Å²) in [6.45, 7) is 6.52. The summed E-state index contributed by atoms with van der Waals surface area (Å²) in [6.07, 6.45) is 18.8. The largest absolute Gasteiger partial charge is 0.411 e. The minimum absolute atomic E-state index is 0.447. The molecular weight excluding hydrogens is 258 g/mol. The van der Waals surface area contributed by atoms with Gasteiger partial charge in [0.1, 0.15) is 0 Å². The quantitative estimate of drug-likeness (QED) is 0.151. The van der Waals surface area contributed by atoms with E-state index in [2.05, 4.69) is 25.9 Å². The summed E-state index contributed by atoms with van der Waals surface area (Å²) in [7, 11) is 0. The molecule has 0 heterocycles. The van der Waals surface area contributed by atoms with Crippen LogP contribution in [0.4, 0.5) is 0 Å². The highest BCUT2D eigenvalue weighted by Gasteiger charge is 2.08. The Kier molecular flexibility index (Phi) is 15.5. The van der Waals surface area contributed by atoms with Crippen molar-refractivity contribution in [3.63, 3.8) is 0 Å². The fourth-order valence-electron chi connectivity index (χ4n) is 2.98. The SMILES string of the molecule is CCCCCCCCCCCCCCC(C)/C(CC)=N/O. The molecule has 0 spiro atoms. The number of unbranched alkanes of at least 4 members (excludes halogenated alkanes) is 11. The standard InChI is InChI=1S/C19H39NO/c1-4-6-7-8-9-10-11-12-13-14-15-16-17-18(3)19(5-2)20-21/h18,21H,4-17H2,1-3H3/b20-19+. The first kappa shape index (κ1) is 20.5. The molecule has 0 aliphatic heterocycles. The number of oxime groups is 1. The Morgan fingerprint density at radius 3 is 1.57 bits per heavy atom. The van der Waals surface area contributed by atoms with Crippen LogP contribution in [-0.2, 0) is 0 Å². The Labute approximate surface area is 133 Å². The summed E-state index contributed by atoms with van der Waals surface area (Å²) >= 11 is 0. The van der Waals surface area contributed by atoms with Crippen molar-refractivity contribution in [2.75, 3.05) is 0 Å². The molecule has 0 aliphatic rings. The van der Waals surface area contributed by atoms with E-state index in [1.54, 1.807) is 0 Å². The van der Waals surface area contributed by atoms with Crippen molar-refractivity contribution in [3.8, 4) is 0 Å². The summed E-state index contributed by atoms with van der Waals surface area (Å²) in [4.78, 5) is 0. The maximum Gasteiger partial charge on any atom is 0.0596 e. The first-order valence-corrected chi connectivity index (χ1v) is 9.47. The third-order valence-electron chi connectivity index (χ3n) is 4.55. The Morgan fingerprint density at radius 2 is 1.19 bits per heavy atom. The van der Waals surface area contributed by atoms with Gasteiger partial charge in [-0.1, -0.05) is 103 Å². The van der Waals surface area contributed by atoms with Crippen LogP contribution < -0.4 is 0 Å². The summed E-state index contributed by atoms with van der Waals surface area (Å²) in [5.41, 5.74) is 0.957. The van der Waals surface area contributed by atoms with Gasteiger partial charge in [0.2, 0.25) is 0 Å². The van der Waals surface area contributed by atoms with Gasteiger partial charge in [0.25, 0.3) is 0 Å². The molecule has 0 radical (unpaired) electrons. The number of rotatable bonds is 15. The summed E-state index contributed by atoms with van der Waals surface area (Å²) < 4.78 is 0. The van der Waals surface area contributed by atoms with Crippen LogP contribution in [0.1, 0.15) is 111 Å². The van der Waals surface area contributed by atoms with Gasteiger partial charge in [0, 0.05) is 0 Å². The van der Waals surface area contributed by atoms with Crippen LogP contribution in [0.5, 0.6) is 0 Å². The molecule has 0 saturated heterocycles. The van der Waals surface area contributed by atoms with Crippen molar-refractivity contribution < 1.29 is 5.21 Å². The van der Waals surface area contributed by atoms with Gasteiger partial charge < -0.3 is 5.21 Å². The number of nitrogens with zero attached hydrogens (tertiary/aromatic N) is 1. The van der Waals surface area contributed by atoms with Gasteiger partial charge in [-0.3, -0.25) is 0 Å². The Balaban J connectivity index is 3.22. The lowest BCUT2D eigenvalue weighted by molar-refractivity contribution is 0.313. The summed E-state index contributed by atoms with van der Waals surface area (Å²) in [6, 6.07) is 0. The molecule has 0 aromatic carbocycles. The van der Waals surface area contributed by atoms with E-state index in [9.17, 15) is 0 Å². The molecule has 1 atom stereocenters. The van der Waals surface area contributed by atoms with Crippen molar-refractivity contribution in [2.24, 2.45) is 11.1 Å². The van der Waals surface area contributed by atoms with Crippen molar-refractivity contribution in [1.82, 2.24) is 0 Å². The van der Waals surface area contributed by atoms with E-state index in [1.165, 1.54) is 83.5 Å². The highest BCUT2D eigenvalue weighted by molar-refractivity contribution is 5.85. The molecule has 0 aromatic heterocycles. The molecule has 0 saturated carbocycles. The second-order valence-electron chi connectivity index (χ2n) is 6.52. The maximum absolute atomic E-state index is 8.88. The highest BCUT2D eigenvalue weighted by Crippen LogP contribution is 2.16. The molecule has 2 nitrogen and oxygen atoms in total. The second kappa shape index (κ2) is 15.9. The molecular formula is C19H39NO. The minimum Gasteiger partial charge on any atom is -0.411 e. The summed E-state index contributed by atoms with van der Waals surface area (Å²) in [5, 5.41) is 12.3. The van der Waals surface area contributed by atoms with Gasteiger partial charge in [-0.2, -0.15) is 0 Å². The minimum atomic E-state index is 0.447. The van der Waals surface area contributed by atoms with E-state index in [1.807, 2.05) is 0 Å². The van der Waals surface area contributed by atoms with E-state index in [-0.39, 0.29) is 0 Å². The molecule has 0 aromatic rings. The average Bonchev–Trinajstić information content (AvgIpc) is 2.49. The zero-order valence-corrected chi connectivity index (χ0v) is 14.9. The lowest BCUT2D eigenvalue weighted by Crippen LogP contribution is -2.09. The first-order valence-electron chi connectivity index (χ1n) is 9.47. The van der Waals surface area contributed by atoms with Crippen molar-refractivity contribution in [1.29, 1.82) is 0 Å². The van der Waals surface area contributed by atoms with Crippen LogP contribution in [0.3, 0.4) is 0 Å². The van der Waals surface area contributed by atoms with Crippen LogP contribution >= 0.6 is 0 Å². The average molecular weight is 298 g/mol. The van der Waals surface area contributed by atoms with Crippen molar-refractivity contribution in [3.05, 3.63) is 0 Å². The third kappa shape index (κ3) is 12.9. The van der Waals surface area contributed by atoms with E-state index in [4.69, 9.17) is 5.21 Å². The zero-order valence-electron chi connectivity index (χ0n) is 14.9. The van der Waals surface area contributed by atoms with E-state index in [0.717, 1.165) is 12.1 Å². The topological polar surface area (TPSA) is 32.6 Å². The maximum atomic E-state index is 8.88. The van der Waals surface area contributed by atoms with Crippen LogP contribution in [0.2, 0.25) is 0 Å². The molecule has 0 aliphatic carbocycles. The fourth-order valence-corrected chi connectivity index (χ4v) is 2.98. The predicted octanol–water partition coefficient (Wildman–Crippen LogP) is 6.95. The highest BCUT2D eigenvalue weighted by atomic mass is 16.4. The van der Waals surface area contributed by atoms with Gasteiger partial charge in [0.15, 0.2) is 0 Å². The van der Waals surface area contributed by atoms with Crippen LogP contribution in [-0.4, -0.2) is 10.9 Å².